The number of hydrogen-bond acceptors (Lipinski definition) is 2. The summed E-state index contributed by atoms with van der Waals surface area (Å²) in [6.45, 7) is 1.73. The Bertz CT molecular complexity index is 722. The lowest BCUT2D eigenvalue weighted by atomic mass is 10.1. The Morgan fingerprint density at radius 1 is 1.30 bits per heavy atom. The number of hydrogen-bond donors (Lipinski definition) is 1. The van der Waals surface area contributed by atoms with Crippen molar-refractivity contribution in [3.63, 3.8) is 0 Å². The number of carbonyl (C=O) groups excluding carboxylic acids is 1. The lowest BCUT2D eigenvalue weighted by Crippen LogP contribution is -2.14. The highest BCUT2D eigenvalue weighted by molar-refractivity contribution is 6.31. The molecule has 0 saturated carbocycles. The van der Waals surface area contributed by atoms with E-state index in [0.717, 1.165) is 5.56 Å². The van der Waals surface area contributed by atoms with Crippen LogP contribution in [0.1, 0.15) is 21.5 Å². The van der Waals surface area contributed by atoms with Gasteiger partial charge in [-0.05, 0) is 42.8 Å². The first-order valence-electron chi connectivity index (χ1n) is 5.78. The molecule has 0 aromatic heterocycles. The minimum absolute atomic E-state index is 0.0838. The van der Waals surface area contributed by atoms with Crippen LogP contribution in [0.2, 0.25) is 5.02 Å². The molecule has 2 aromatic rings. The van der Waals surface area contributed by atoms with E-state index in [0.29, 0.717) is 5.02 Å². The summed E-state index contributed by atoms with van der Waals surface area (Å²) in [6.07, 6.45) is 0. The zero-order valence-electron chi connectivity index (χ0n) is 10.6. The zero-order chi connectivity index (χ0) is 14.7. The normalized spacial score (nSPS) is 9.90. The van der Waals surface area contributed by atoms with E-state index in [1.807, 2.05) is 6.07 Å². The summed E-state index contributed by atoms with van der Waals surface area (Å²) in [5.41, 5.74) is 1.15. The molecular formula is C15H10ClFN2O. The van der Waals surface area contributed by atoms with Crippen molar-refractivity contribution in [3.05, 3.63) is 63.9 Å². The van der Waals surface area contributed by atoms with E-state index in [1.165, 1.54) is 24.3 Å². The standard InChI is InChI=1S/C15H10ClFN2O/c1-9-2-5-12(13(17)6-9)15(20)19-14-7-11(16)4-3-10(14)8-18/h2-7H,1H3,(H,19,20). The quantitative estimate of drug-likeness (QED) is 0.911. The second kappa shape index (κ2) is 5.72. The smallest absolute Gasteiger partial charge is 0.258 e. The van der Waals surface area contributed by atoms with Crippen molar-refractivity contribution in [2.75, 3.05) is 5.32 Å². The summed E-state index contributed by atoms with van der Waals surface area (Å²) < 4.78 is 13.7. The van der Waals surface area contributed by atoms with Gasteiger partial charge in [-0.25, -0.2) is 4.39 Å². The van der Waals surface area contributed by atoms with Crippen LogP contribution < -0.4 is 5.32 Å². The number of amides is 1. The molecule has 0 fully saturated rings. The van der Waals surface area contributed by atoms with Crippen molar-refractivity contribution in [2.45, 2.75) is 6.92 Å². The Kier molecular flexibility index (Phi) is 4.02. The number of carbonyl (C=O) groups is 1. The molecule has 0 atom stereocenters. The fourth-order valence-electron chi connectivity index (χ4n) is 1.71. The third kappa shape index (κ3) is 2.95. The third-order valence-corrected chi connectivity index (χ3v) is 2.95. The van der Waals surface area contributed by atoms with Gasteiger partial charge in [-0.3, -0.25) is 4.79 Å². The minimum Gasteiger partial charge on any atom is -0.321 e. The van der Waals surface area contributed by atoms with E-state index in [-0.39, 0.29) is 16.8 Å². The Morgan fingerprint density at radius 3 is 2.70 bits per heavy atom. The van der Waals surface area contributed by atoms with E-state index >= 15 is 0 Å². The van der Waals surface area contributed by atoms with Gasteiger partial charge < -0.3 is 5.32 Å². The summed E-state index contributed by atoms with van der Waals surface area (Å²) in [5, 5.41) is 11.8. The second-order valence-electron chi connectivity index (χ2n) is 4.24. The number of rotatable bonds is 2. The predicted molar refractivity (Wildman–Crippen MR) is 75.3 cm³/mol. The van der Waals surface area contributed by atoms with E-state index in [4.69, 9.17) is 16.9 Å². The van der Waals surface area contributed by atoms with Crippen molar-refractivity contribution >= 4 is 23.2 Å². The number of aryl methyl sites for hydroxylation is 1. The second-order valence-corrected chi connectivity index (χ2v) is 4.68. The first-order chi connectivity index (χ1) is 9.51. The molecule has 5 heteroatoms. The summed E-state index contributed by atoms with van der Waals surface area (Å²) >= 11 is 5.82. The molecule has 20 heavy (non-hydrogen) atoms. The van der Waals surface area contributed by atoms with Gasteiger partial charge in [0, 0.05) is 5.02 Å². The van der Waals surface area contributed by atoms with E-state index < -0.39 is 11.7 Å². The number of halogens is 2. The molecule has 100 valence electrons. The lowest BCUT2D eigenvalue weighted by Gasteiger charge is -2.08. The predicted octanol–water partition coefficient (Wildman–Crippen LogP) is 3.91. The van der Waals surface area contributed by atoms with Crippen LogP contribution in [0.15, 0.2) is 36.4 Å². The molecule has 0 unspecified atom stereocenters. The van der Waals surface area contributed by atoms with Crippen molar-refractivity contribution < 1.29 is 9.18 Å². The Labute approximate surface area is 120 Å². The summed E-state index contributed by atoms with van der Waals surface area (Å²) in [7, 11) is 0. The highest BCUT2D eigenvalue weighted by Gasteiger charge is 2.13. The van der Waals surface area contributed by atoms with Gasteiger partial charge in [0.05, 0.1) is 16.8 Å². The molecule has 1 amide bonds. The molecule has 0 radical (unpaired) electrons. The van der Waals surface area contributed by atoms with E-state index in [9.17, 15) is 9.18 Å². The fraction of sp³-hybridized carbons (Fsp3) is 0.0667. The Hall–Kier alpha value is -2.38. The van der Waals surface area contributed by atoms with E-state index in [1.54, 1.807) is 19.1 Å². The van der Waals surface area contributed by atoms with Crippen molar-refractivity contribution in [1.82, 2.24) is 0 Å². The van der Waals surface area contributed by atoms with Crippen LogP contribution >= 0.6 is 11.6 Å². The SMILES string of the molecule is Cc1ccc(C(=O)Nc2cc(Cl)ccc2C#N)c(F)c1. The monoisotopic (exact) mass is 288 g/mol. The topological polar surface area (TPSA) is 52.9 Å². The molecule has 0 aliphatic rings. The largest absolute Gasteiger partial charge is 0.321 e. The van der Waals surface area contributed by atoms with Gasteiger partial charge >= 0.3 is 0 Å². The first-order valence-corrected chi connectivity index (χ1v) is 6.16. The van der Waals surface area contributed by atoms with Crippen LogP contribution in [-0.4, -0.2) is 5.91 Å². The summed E-state index contributed by atoms with van der Waals surface area (Å²) in [6, 6.07) is 10.7. The minimum atomic E-state index is -0.624. The van der Waals surface area contributed by atoms with Gasteiger partial charge in [-0.15, -0.1) is 0 Å². The number of nitrogens with one attached hydrogen (secondary N) is 1. The third-order valence-electron chi connectivity index (χ3n) is 2.72. The molecule has 2 aromatic carbocycles. The van der Waals surface area contributed by atoms with E-state index in [2.05, 4.69) is 5.32 Å². The number of anilines is 1. The highest BCUT2D eigenvalue weighted by Crippen LogP contribution is 2.21. The van der Waals surface area contributed by atoms with Gasteiger partial charge in [-0.2, -0.15) is 5.26 Å². The Balaban J connectivity index is 2.33. The van der Waals surface area contributed by atoms with Gasteiger partial charge in [-0.1, -0.05) is 17.7 Å². The average Bonchev–Trinajstić information content (AvgIpc) is 2.38. The fourth-order valence-corrected chi connectivity index (χ4v) is 1.88. The van der Waals surface area contributed by atoms with Crippen molar-refractivity contribution in [1.29, 1.82) is 5.26 Å². The molecule has 0 aliphatic carbocycles. The lowest BCUT2D eigenvalue weighted by molar-refractivity contribution is 0.102. The number of benzene rings is 2. The van der Waals surface area contributed by atoms with Crippen LogP contribution in [0.3, 0.4) is 0 Å². The van der Waals surface area contributed by atoms with Crippen LogP contribution in [0.25, 0.3) is 0 Å². The molecule has 3 nitrogen and oxygen atoms in total. The molecule has 2 rings (SSSR count). The van der Waals surface area contributed by atoms with Crippen LogP contribution in [0.4, 0.5) is 10.1 Å². The zero-order valence-corrected chi connectivity index (χ0v) is 11.3. The molecule has 0 aliphatic heterocycles. The molecule has 0 heterocycles. The first kappa shape index (κ1) is 14.0. The van der Waals surface area contributed by atoms with Crippen LogP contribution in [0, 0.1) is 24.1 Å². The maximum Gasteiger partial charge on any atom is 0.258 e. The Morgan fingerprint density at radius 2 is 2.05 bits per heavy atom. The van der Waals surface area contributed by atoms with Crippen molar-refractivity contribution in [2.24, 2.45) is 0 Å². The van der Waals surface area contributed by atoms with Crippen LogP contribution in [-0.2, 0) is 0 Å². The van der Waals surface area contributed by atoms with Gasteiger partial charge in [0.25, 0.3) is 5.91 Å². The van der Waals surface area contributed by atoms with Gasteiger partial charge in [0.2, 0.25) is 0 Å². The number of nitriles is 1. The van der Waals surface area contributed by atoms with Gasteiger partial charge in [0.15, 0.2) is 0 Å². The molecule has 1 N–H and O–H groups in total. The summed E-state index contributed by atoms with van der Waals surface area (Å²) in [5.74, 6) is -1.23. The van der Waals surface area contributed by atoms with Crippen LogP contribution in [0.5, 0.6) is 0 Å². The average molecular weight is 289 g/mol. The van der Waals surface area contributed by atoms with Gasteiger partial charge in [0.1, 0.15) is 11.9 Å². The highest BCUT2D eigenvalue weighted by atomic mass is 35.5. The van der Waals surface area contributed by atoms with Crippen molar-refractivity contribution in [3.8, 4) is 6.07 Å². The number of nitrogens with zero attached hydrogens (tertiary/aromatic N) is 1. The molecule has 0 bridgehead atoms. The maximum atomic E-state index is 13.7. The molecule has 0 saturated heterocycles. The maximum absolute atomic E-state index is 13.7. The summed E-state index contributed by atoms with van der Waals surface area (Å²) in [4.78, 5) is 12.0. The molecular weight excluding hydrogens is 279 g/mol. The molecule has 0 spiro atoms.